The third kappa shape index (κ3) is 3.00. The van der Waals surface area contributed by atoms with E-state index in [9.17, 15) is 9.90 Å². The highest BCUT2D eigenvalue weighted by molar-refractivity contribution is 6.35. The first-order valence-corrected chi connectivity index (χ1v) is 7.76. The maximum Gasteiger partial charge on any atom is 0.252 e. The summed E-state index contributed by atoms with van der Waals surface area (Å²) >= 11 is 11.9. The van der Waals surface area contributed by atoms with Crippen LogP contribution >= 0.6 is 23.2 Å². The van der Waals surface area contributed by atoms with E-state index < -0.39 is 5.60 Å². The third-order valence-electron chi connectivity index (χ3n) is 3.89. The molecule has 1 aliphatic carbocycles. The quantitative estimate of drug-likeness (QED) is 0.874. The highest BCUT2D eigenvalue weighted by Gasteiger charge is 2.47. The summed E-state index contributed by atoms with van der Waals surface area (Å²) < 4.78 is 5.33. The molecule has 0 bridgehead atoms. The number of nitrogens with one attached hydrogen (secondary N) is 1. The molecule has 0 spiro atoms. The van der Waals surface area contributed by atoms with E-state index in [0.717, 1.165) is 12.8 Å². The Kier molecular flexibility index (Phi) is 4.17. The van der Waals surface area contributed by atoms with Gasteiger partial charge in [-0.05, 0) is 49.1 Å². The van der Waals surface area contributed by atoms with Crippen molar-refractivity contribution < 1.29 is 14.3 Å². The summed E-state index contributed by atoms with van der Waals surface area (Å²) in [7, 11) is 0. The van der Waals surface area contributed by atoms with E-state index in [-0.39, 0.29) is 23.9 Å². The Labute approximate surface area is 138 Å². The van der Waals surface area contributed by atoms with Crippen LogP contribution in [0.1, 0.15) is 29.0 Å². The van der Waals surface area contributed by atoms with Gasteiger partial charge >= 0.3 is 0 Å². The molecule has 0 saturated heterocycles. The van der Waals surface area contributed by atoms with Gasteiger partial charge in [-0.2, -0.15) is 0 Å². The van der Waals surface area contributed by atoms with Crippen molar-refractivity contribution in [1.82, 2.24) is 5.32 Å². The lowest BCUT2D eigenvalue weighted by molar-refractivity contribution is -0.00610. The lowest BCUT2D eigenvalue weighted by Crippen LogP contribution is -2.42. The Bertz CT molecular complexity index is 683. The Morgan fingerprint density at radius 2 is 2.14 bits per heavy atom. The zero-order chi connectivity index (χ0) is 15.7. The standard InChI is InChI=1S/C16H15Cl2NO3/c17-11-5-6-13(18)12(8-11)15(20)19-9-16(21,10-3-4-10)14-2-1-7-22-14/h1-2,5-8,10,21H,3-4,9H2,(H,19,20)/t16-/m1/s1. The molecule has 1 heterocycles. The number of amides is 1. The van der Waals surface area contributed by atoms with Crippen LogP contribution in [0.4, 0.5) is 0 Å². The van der Waals surface area contributed by atoms with Crippen LogP contribution in [0.15, 0.2) is 41.0 Å². The van der Waals surface area contributed by atoms with Gasteiger partial charge in [0.25, 0.3) is 5.91 Å². The number of halogens is 2. The molecule has 1 fully saturated rings. The monoisotopic (exact) mass is 339 g/mol. The summed E-state index contributed by atoms with van der Waals surface area (Å²) in [6, 6.07) is 8.12. The van der Waals surface area contributed by atoms with Crippen LogP contribution in [0.3, 0.4) is 0 Å². The third-order valence-corrected chi connectivity index (χ3v) is 4.46. The molecule has 22 heavy (non-hydrogen) atoms. The fourth-order valence-corrected chi connectivity index (χ4v) is 2.88. The average molecular weight is 340 g/mol. The van der Waals surface area contributed by atoms with Crippen molar-refractivity contribution in [3.8, 4) is 0 Å². The zero-order valence-corrected chi connectivity index (χ0v) is 13.2. The first-order valence-electron chi connectivity index (χ1n) is 7.00. The van der Waals surface area contributed by atoms with E-state index in [1.807, 2.05) is 0 Å². The smallest absolute Gasteiger partial charge is 0.252 e. The van der Waals surface area contributed by atoms with Crippen LogP contribution in [-0.4, -0.2) is 17.6 Å². The van der Waals surface area contributed by atoms with E-state index in [4.69, 9.17) is 27.6 Å². The molecule has 0 aliphatic heterocycles. The number of furan rings is 1. The van der Waals surface area contributed by atoms with E-state index in [1.165, 1.54) is 12.3 Å². The molecule has 0 unspecified atom stereocenters. The number of rotatable bonds is 5. The topological polar surface area (TPSA) is 62.5 Å². The van der Waals surface area contributed by atoms with Crippen LogP contribution in [0.5, 0.6) is 0 Å². The minimum absolute atomic E-state index is 0.0624. The largest absolute Gasteiger partial charge is 0.466 e. The molecule has 2 aromatic rings. The van der Waals surface area contributed by atoms with Crippen molar-refractivity contribution in [2.45, 2.75) is 18.4 Å². The summed E-state index contributed by atoms with van der Waals surface area (Å²) in [4.78, 5) is 12.3. The molecule has 1 saturated carbocycles. The van der Waals surface area contributed by atoms with Crippen LogP contribution in [-0.2, 0) is 5.60 Å². The van der Waals surface area contributed by atoms with Gasteiger partial charge in [0.05, 0.1) is 23.4 Å². The summed E-state index contributed by atoms with van der Waals surface area (Å²) in [6.45, 7) is 0.0624. The maximum atomic E-state index is 12.3. The lowest BCUT2D eigenvalue weighted by atomic mass is 9.94. The van der Waals surface area contributed by atoms with Crippen molar-refractivity contribution in [3.63, 3.8) is 0 Å². The predicted molar refractivity (Wildman–Crippen MR) is 84.1 cm³/mol. The van der Waals surface area contributed by atoms with E-state index in [2.05, 4.69) is 5.32 Å². The Morgan fingerprint density at radius 3 is 2.77 bits per heavy atom. The van der Waals surface area contributed by atoms with Gasteiger partial charge in [-0.3, -0.25) is 4.79 Å². The molecular weight excluding hydrogens is 325 g/mol. The fraction of sp³-hybridized carbons (Fsp3) is 0.312. The van der Waals surface area contributed by atoms with Crippen LogP contribution in [0.2, 0.25) is 10.0 Å². The minimum atomic E-state index is -1.19. The van der Waals surface area contributed by atoms with Crippen LogP contribution in [0.25, 0.3) is 0 Å². The van der Waals surface area contributed by atoms with E-state index in [1.54, 1.807) is 24.3 Å². The van der Waals surface area contributed by atoms with Gasteiger partial charge in [0, 0.05) is 5.02 Å². The fourth-order valence-electron chi connectivity index (χ4n) is 2.50. The van der Waals surface area contributed by atoms with Gasteiger partial charge in [-0.15, -0.1) is 0 Å². The number of carbonyl (C=O) groups is 1. The maximum absolute atomic E-state index is 12.3. The highest BCUT2D eigenvalue weighted by Crippen LogP contribution is 2.45. The second-order valence-electron chi connectivity index (χ2n) is 5.48. The van der Waals surface area contributed by atoms with Gasteiger partial charge in [0.15, 0.2) is 0 Å². The van der Waals surface area contributed by atoms with Gasteiger partial charge < -0.3 is 14.8 Å². The molecule has 2 N–H and O–H groups in total. The molecule has 4 nitrogen and oxygen atoms in total. The molecule has 6 heteroatoms. The molecule has 1 aromatic carbocycles. The molecule has 1 atom stereocenters. The van der Waals surface area contributed by atoms with E-state index in [0.29, 0.717) is 15.8 Å². The summed E-state index contributed by atoms with van der Waals surface area (Å²) in [5, 5.41) is 14.3. The first-order chi connectivity index (χ1) is 10.5. The van der Waals surface area contributed by atoms with Crippen molar-refractivity contribution in [2.24, 2.45) is 5.92 Å². The summed E-state index contributed by atoms with van der Waals surface area (Å²) in [6.07, 6.45) is 3.33. The number of benzene rings is 1. The van der Waals surface area contributed by atoms with Crippen molar-refractivity contribution in [1.29, 1.82) is 0 Å². The van der Waals surface area contributed by atoms with Gasteiger partial charge in [0.1, 0.15) is 11.4 Å². The SMILES string of the molecule is O=C(NC[C@](O)(c1ccco1)C1CC1)c1cc(Cl)ccc1Cl. The number of carbonyl (C=O) groups excluding carboxylic acids is 1. The van der Waals surface area contributed by atoms with Crippen LogP contribution < -0.4 is 5.32 Å². The Morgan fingerprint density at radius 1 is 1.36 bits per heavy atom. The second-order valence-corrected chi connectivity index (χ2v) is 6.33. The van der Waals surface area contributed by atoms with Crippen molar-refractivity contribution in [3.05, 3.63) is 58.0 Å². The molecule has 1 aromatic heterocycles. The van der Waals surface area contributed by atoms with Gasteiger partial charge in [0.2, 0.25) is 0 Å². The molecule has 0 radical (unpaired) electrons. The number of hydrogen-bond donors (Lipinski definition) is 2. The highest BCUT2D eigenvalue weighted by atomic mass is 35.5. The molecule has 1 aliphatic rings. The molecular formula is C16H15Cl2NO3. The molecule has 1 amide bonds. The Hall–Kier alpha value is -1.49. The molecule has 3 rings (SSSR count). The predicted octanol–water partition coefficient (Wildman–Crippen LogP) is 3.61. The van der Waals surface area contributed by atoms with E-state index >= 15 is 0 Å². The van der Waals surface area contributed by atoms with Gasteiger partial charge in [-0.1, -0.05) is 23.2 Å². The van der Waals surface area contributed by atoms with Crippen molar-refractivity contribution in [2.75, 3.05) is 6.54 Å². The Balaban J connectivity index is 1.75. The zero-order valence-electron chi connectivity index (χ0n) is 11.7. The summed E-state index contributed by atoms with van der Waals surface area (Å²) in [5.41, 5.74) is -0.906. The lowest BCUT2D eigenvalue weighted by Gasteiger charge is -2.26. The number of hydrogen-bond acceptors (Lipinski definition) is 3. The normalized spacial score (nSPS) is 17.0. The number of aliphatic hydroxyl groups is 1. The minimum Gasteiger partial charge on any atom is -0.466 e. The summed E-state index contributed by atoms with van der Waals surface area (Å²) in [5.74, 6) is 0.180. The first kappa shape index (κ1) is 15.4. The second kappa shape index (κ2) is 5.95. The van der Waals surface area contributed by atoms with Gasteiger partial charge in [-0.25, -0.2) is 0 Å². The van der Waals surface area contributed by atoms with Crippen LogP contribution in [0, 0.1) is 5.92 Å². The van der Waals surface area contributed by atoms with Crippen molar-refractivity contribution >= 4 is 29.1 Å². The average Bonchev–Trinajstić information content (AvgIpc) is 3.22. The molecule has 116 valence electrons.